The summed E-state index contributed by atoms with van der Waals surface area (Å²) in [6.45, 7) is 1.96. The Bertz CT molecular complexity index is 533. The lowest BCUT2D eigenvalue weighted by molar-refractivity contribution is 0.218. The number of rotatable bonds is 2. The summed E-state index contributed by atoms with van der Waals surface area (Å²) in [6, 6.07) is 11.3. The number of hydrogen-bond acceptors (Lipinski definition) is 1. The fraction of sp³-hybridized carbons (Fsp3) is 0.143. The van der Waals surface area contributed by atoms with Crippen molar-refractivity contribution in [2.24, 2.45) is 0 Å². The van der Waals surface area contributed by atoms with Gasteiger partial charge in [0, 0.05) is 19.5 Å². The van der Waals surface area contributed by atoms with Crippen molar-refractivity contribution in [2.75, 3.05) is 0 Å². The molecule has 0 spiro atoms. The van der Waals surface area contributed by atoms with E-state index in [9.17, 15) is 5.11 Å². The normalized spacial score (nSPS) is 12.5. The molecular formula is C14H11Br2ClO. The van der Waals surface area contributed by atoms with E-state index in [-0.39, 0.29) is 0 Å². The zero-order valence-electron chi connectivity index (χ0n) is 9.62. The molecule has 0 aliphatic heterocycles. The Morgan fingerprint density at radius 2 is 1.78 bits per heavy atom. The third-order valence-electron chi connectivity index (χ3n) is 2.79. The molecule has 18 heavy (non-hydrogen) atoms. The van der Waals surface area contributed by atoms with Crippen LogP contribution in [0.4, 0.5) is 0 Å². The predicted molar refractivity (Wildman–Crippen MR) is 82.1 cm³/mol. The topological polar surface area (TPSA) is 20.2 Å². The van der Waals surface area contributed by atoms with Gasteiger partial charge >= 0.3 is 0 Å². The van der Waals surface area contributed by atoms with Gasteiger partial charge in [0.25, 0.3) is 0 Å². The molecule has 0 fully saturated rings. The van der Waals surface area contributed by atoms with Crippen LogP contribution in [0.5, 0.6) is 0 Å². The zero-order valence-corrected chi connectivity index (χ0v) is 13.6. The summed E-state index contributed by atoms with van der Waals surface area (Å²) in [4.78, 5) is 0. The average molecular weight is 391 g/mol. The standard InChI is InChI=1S/C14H11Br2ClO/c1-8-2-4-10(17)7-11(8)14(18)12-6-9(15)3-5-13(12)16/h2-7,14,18H,1H3. The summed E-state index contributed by atoms with van der Waals surface area (Å²) in [7, 11) is 0. The molecule has 0 heterocycles. The Hall–Kier alpha value is -0.350. The minimum atomic E-state index is -0.699. The molecule has 0 aromatic heterocycles. The van der Waals surface area contributed by atoms with E-state index in [1.807, 2.05) is 37.3 Å². The highest BCUT2D eigenvalue weighted by atomic mass is 79.9. The second kappa shape index (κ2) is 5.74. The molecule has 2 aromatic rings. The Labute approximate surface area is 128 Å². The number of aryl methyl sites for hydroxylation is 1. The molecule has 0 radical (unpaired) electrons. The van der Waals surface area contributed by atoms with E-state index in [4.69, 9.17) is 11.6 Å². The molecule has 0 amide bonds. The van der Waals surface area contributed by atoms with Crippen LogP contribution in [0.3, 0.4) is 0 Å². The van der Waals surface area contributed by atoms with Crippen molar-refractivity contribution in [3.8, 4) is 0 Å². The molecule has 2 rings (SSSR count). The molecular weight excluding hydrogens is 379 g/mol. The zero-order chi connectivity index (χ0) is 13.3. The summed E-state index contributed by atoms with van der Waals surface area (Å²) >= 11 is 12.9. The van der Waals surface area contributed by atoms with E-state index >= 15 is 0 Å². The van der Waals surface area contributed by atoms with Crippen molar-refractivity contribution < 1.29 is 5.11 Å². The highest BCUT2D eigenvalue weighted by Crippen LogP contribution is 2.33. The van der Waals surface area contributed by atoms with Gasteiger partial charge < -0.3 is 5.11 Å². The van der Waals surface area contributed by atoms with Crippen LogP contribution in [0.25, 0.3) is 0 Å². The number of aliphatic hydroxyl groups is 1. The molecule has 0 aliphatic carbocycles. The van der Waals surface area contributed by atoms with E-state index in [2.05, 4.69) is 31.9 Å². The third-order valence-corrected chi connectivity index (χ3v) is 4.24. The van der Waals surface area contributed by atoms with Gasteiger partial charge in [0.2, 0.25) is 0 Å². The van der Waals surface area contributed by atoms with Gasteiger partial charge in [0.05, 0.1) is 0 Å². The molecule has 1 unspecified atom stereocenters. The first-order chi connectivity index (χ1) is 8.49. The molecule has 94 valence electrons. The van der Waals surface area contributed by atoms with Crippen LogP contribution in [0, 0.1) is 6.92 Å². The molecule has 1 N–H and O–H groups in total. The van der Waals surface area contributed by atoms with Crippen molar-refractivity contribution >= 4 is 43.5 Å². The number of hydrogen-bond donors (Lipinski definition) is 1. The van der Waals surface area contributed by atoms with Gasteiger partial charge in [0.1, 0.15) is 6.10 Å². The second-order valence-electron chi connectivity index (χ2n) is 4.07. The average Bonchev–Trinajstić information content (AvgIpc) is 2.34. The van der Waals surface area contributed by atoms with Gasteiger partial charge in [-0.2, -0.15) is 0 Å². The maximum atomic E-state index is 10.5. The van der Waals surface area contributed by atoms with Crippen LogP contribution >= 0.6 is 43.5 Å². The SMILES string of the molecule is Cc1ccc(Cl)cc1C(O)c1cc(Br)ccc1Br. The molecule has 1 nitrogen and oxygen atoms in total. The third kappa shape index (κ3) is 2.97. The minimum absolute atomic E-state index is 0.626. The van der Waals surface area contributed by atoms with Gasteiger partial charge in [-0.3, -0.25) is 0 Å². The van der Waals surface area contributed by atoms with E-state index in [1.165, 1.54) is 0 Å². The fourth-order valence-corrected chi connectivity index (χ4v) is 2.82. The van der Waals surface area contributed by atoms with Crippen LogP contribution < -0.4 is 0 Å². The van der Waals surface area contributed by atoms with Crippen molar-refractivity contribution in [3.05, 3.63) is 67.1 Å². The lowest BCUT2D eigenvalue weighted by atomic mass is 9.98. The van der Waals surface area contributed by atoms with Crippen LogP contribution in [0.15, 0.2) is 45.3 Å². The molecule has 4 heteroatoms. The summed E-state index contributed by atoms with van der Waals surface area (Å²) in [5, 5.41) is 11.1. The summed E-state index contributed by atoms with van der Waals surface area (Å²) in [6.07, 6.45) is -0.699. The van der Waals surface area contributed by atoms with Crippen LogP contribution in [-0.2, 0) is 0 Å². The van der Waals surface area contributed by atoms with Crippen LogP contribution in [-0.4, -0.2) is 5.11 Å². The van der Waals surface area contributed by atoms with E-state index < -0.39 is 6.10 Å². The largest absolute Gasteiger partial charge is 0.384 e. The monoisotopic (exact) mass is 388 g/mol. The molecule has 2 aromatic carbocycles. The van der Waals surface area contributed by atoms with E-state index in [0.29, 0.717) is 5.02 Å². The quantitative estimate of drug-likeness (QED) is 0.742. The summed E-state index contributed by atoms with van der Waals surface area (Å²) < 4.78 is 1.80. The smallest absolute Gasteiger partial charge is 0.105 e. The van der Waals surface area contributed by atoms with Crippen LogP contribution in [0.1, 0.15) is 22.8 Å². The van der Waals surface area contributed by atoms with Crippen molar-refractivity contribution in [1.82, 2.24) is 0 Å². The van der Waals surface area contributed by atoms with Crippen molar-refractivity contribution in [3.63, 3.8) is 0 Å². The molecule has 0 bridgehead atoms. The van der Waals surface area contributed by atoms with Gasteiger partial charge in [-0.15, -0.1) is 0 Å². The minimum Gasteiger partial charge on any atom is -0.384 e. The van der Waals surface area contributed by atoms with Crippen molar-refractivity contribution in [1.29, 1.82) is 0 Å². The first kappa shape index (κ1) is 14.1. The number of aliphatic hydroxyl groups excluding tert-OH is 1. The molecule has 1 atom stereocenters. The van der Waals surface area contributed by atoms with Gasteiger partial charge in [-0.25, -0.2) is 0 Å². The molecule has 0 saturated heterocycles. The van der Waals surface area contributed by atoms with Gasteiger partial charge in [-0.1, -0.05) is 49.5 Å². The van der Waals surface area contributed by atoms with E-state index in [1.54, 1.807) is 6.07 Å². The van der Waals surface area contributed by atoms with E-state index in [0.717, 1.165) is 25.6 Å². The summed E-state index contributed by atoms with van der Waals surface area (Å²) in [5.74, 6) is 0. The van der Waals surface area contributed by atoms with Gasteiger partial charge in [-0.05, 0) is 48.4 Å². The molecule has 0 saturated carbocycles. The lowest BCUT2D eigenvalue weighted by Crippen LogP contribution is -2.03. The number of benzene rings is 2. The lowest BCUT2D eigenvalue weighted by Gasteiger charge is -2.16. The highest BCUT2D eigenvalue weighted by molar-refractivity contribution is 9.11. The first-order valence-electron chi connectivity index (χ1n) is 5.38. The number of halogens is 3. The summed E-state index contributed by atoms with van der Waals surface area (Å²) in [5.41, 5.74) is 2.65. The first-order valence-corrected chi connectivity index (χ1v) is 7.34. The Kier molecular flexibility index (Phi) is 4.49. The fourth-order valence-electron chi connectivity index (χ4n) is 1.80. The Morgan fingerprint density at radius 1 is 1.06 bits per heavy atom. The highest BCUT2D eigenvalue weighted by Gasteiger charge is 2.16. The Morgan fingerprint density at radius 3 is 2.50 bits per heavy atom. The second-order valence-corrected chi connectivity index (χ2v) is 6.28. The maximum Gasteiger partial charge on any atom is 0.105 e. The van der Waals surface area contributed by atoms with Crippen molar-refractivity contribution in [2.45, 2.75) is 13.0 Å². The molecule has 0 aliphatic rings. The predicted octanol–water partition coefficient (Wildman–Crippen LogP) is 5.26. The Balaban J connectivity index is 2.50. The van der Waals surface area contributed by atoms with Crippen LogP contribution in [0.2, 0.25) is 5.02 Å². The van der Waals surface area contributed by atoms with Gasteiger partial charge in [0.15, 0.2) is 0 Å². The maximum absolute atomic E-state index is 10.5.